The number of amides is 9. The molecule has 1 fully saturated rings. The van der Waals surface area contributed by atoms with Gasteiger partial charge in [-0.1, -0.05) is 0 Å². The maximum atomic E-state index is 13.0. The monoisotopic (exact) mass is 582 g/mol. The highest BCUT2D eigenvalue weighted by atomic mass is 16.2. The molecule has 0 saturated heterocycles. The molecular formula is C27H30N6O9. The molecule has 3 N–H and O–H groups in total. The molecule has 222 valence electrons. The molecular weight excluding hydrogens is 552 g/mol. The van der Waals surface area contributed by atoms with Crippen molar-refractivity contribution in [2.45, 2.75) is 19.3 Å². The fourth-order valence-corrected chi connectivity index (χ4v) is 5.22. The van der Waals surface area contributed by atoms with Crippen LogP contribution in [0.4, 0.5) is 0 Å². The molecule has 1 aliphatic carbocycles. The van der Waals surface area contributed by atoms with Gasteiger partial charge in [0.1, 0.15) is 0 Å². The van der Waals surface area contributed by atoms with E-state index in [-0.39, 0.29) is 58.5 Å². The van der Waals surface area contributed by atoms with E-state index in [0.717, 1.165) is 51.2 Å². The van der Waals surface area contributed by atoms with Crippen LogP contribution < -0.4 is 16.0 Å². The molecule has 0 bridgehead atoms. The van der Waals surface area contributed by atoms with Gasteiger partial charge in [-0.3, -0.25) is 57.9 Å². The van der Waals surface area contributed by atoms with Crippen LogP contribution in [0, 0.1) is 17.8 Å². The number of rotatable bonds is 12. The van der Waals surface area contributed by atoms with Crippen molar-refractivity contribution in [3.63, 3.8) is 0 Å². The quantitative estimate of drug-likeness (QED) is 0.203. The summed E-state index contributed by atoms with van der Waals surface area (Å²) in [7, 11) is 0. The summed E-state index contributed by atoms with van der Waals surface area (Å²) in [5.74, 6) is -6.49. The van der Waals surface area contributed by atoms with Gasteiger partial charge in [0, 0.05) is 93.5 Å². The van der Waals surface area contributed by atoms with Crippen molar-refractivity contribution in [3.05, 3.63) is 36.5 Å². The molecule has 3 aliphatic heterocycles. The zero-order valence-electron chi connectivity index (χ0n) is 22.6. The average molecular weight is 583 g/mol. The lowest BCUT2D eigenvalue weighted by atomic mass is 9.74. The second kappa shape index (κ2) is 13.1. The average Bonchev–Trinajstić information content (AvgIpc) is 3.59. The Kier molecular flexibility index (Phi) is 9.39. The Bertz CT molecular complexity index is 1100. The fraction of sp³-hybridized carbons (Fsp3) is 0.444. The largest absolute Gasteiger partial charge is 0.354 e. The zero-order chi connectivity index (χ0) is 30.4. The lowest BCUT2D eigenvalue weighted by Crippen LogP contribution is -2.47. The standard InChI is InChI=1S/C27H30N6O9/c34-19-1-2-20(35)31(19)10-7-28-25(40)16-13-17(26(41)29-8-11-32-21(36)3-4-22(32)37)15-18(14-16)27(42)30-9-12-33-23(38)5-6-24(33)39/h1-6,16-18H,7-15H2,(H,28,40)(H,29,41)(H,30,42). The normalized spacial score (nSPS) is 23.4. The van der Waals surface area contributed by atoms with E-state index in [9.17, 15) is 43.2 Å². The summed E-state index contributed by atoms with van der Waals surface area (Å²) in [6, 6.07) is 0. The van der Waals surface area contributed by atoms with Gasteiger partial charge in [0.05, 0.1) is 0 Å². The second-order valence-corrected chi connectivity index (χ2v) is 10.2. The predicted octanol–water partition coefficient (Wildman–Crippen LogP) is -2.86. The number of nitrogens with one attached hydrogen (secondary N) is 3. The minimum atomic E-state index is -0.745. The Labute approximate surface area is 240 Å². The van der Waals surface area contributed by atoms with Crippen LogP contribution in [0.25, 0.3) is 0 Å². The van der Waals surface area contributed by atoms with Crippen molar-refractivity contribution in [1.82, 2.24) is 30.7 Å². The first kappa shape index (κ1) is 30.0. The maximum Gasteiger partial charge on any atom is 0.253 e. The molecule has 0 unspecified atom stereocenters. The predicted molar refractivity (Wildman–Crippen MR) is 141 cm³/mol. The van der Waals surface area contributed by atoms with Crippen molar-refractivity contribution in [3.8, 4) is 0 Å². The first-order valence-electron chi connectivity index (χ1n) is 13.5. The van der Waals surface area contributed by atoms with Gasteiger partial charge >= 0.3 is 0 Å². The summed E-state index contributed by atoms with van der Waals surface area (Å²) < 4.78 is 0. The highest BCUT2D eigenvalue weighted by molar-refractivity contribution is 6.14. The van der Waals surface area contributed by atoms with Crippen molar-refractivity contribution < 1.29 is 43.2 Å². The summed E-state index contributed by atoms with van der Waals surface area (Å²) in [6.07, 6.45) is 7.17. The number of nitrogens with zero attached hydrogens (tertiary/aromatic N) is 3. The minimum absolute atomic E-state index is 0.0138. The van der Waals surface area contributed by atoms with E-state index >= 15 is 0 Å². The molecule has 15 heteroatoms. The zero-order valence-corrected chi connectivity index (χ0v) is 22.6. The summed E-state index contributed by atoms with van der Waals surface area (Å²) in [5, 5.41) is 8.00. The van der Waals surface area contributed by atoms with Gasteiger partial charge in [-0.05, 0) is 19.3 Å². The summed E-state index contributed by atoms with van der Waals surface area (Å²) in [5.41, 5.74) is 0. The molecule has 0 radical (unpaired) electrons. The van der Waals surface area contributed by atoms with Gasteiger partial charge in [-0.15, -0.1) is 0 Å². The molecule has 4 aliphatic rings. The van der Waals surface area contributed by atoms with Crippen molar-refractivity contribution >= 4 is 53.2 Å². The van der Waals surface area contributed by atoms with Gasteiger partial charge in [0.2, 0.25) is 17.7 Å². The number of carbonyl (C=O) groups excluding carboxylic acids is 9. The number of hydrogen-bond donors (Lipinski definition) is 3. The van der Waals surface area contributed by atoms with E-state index in [1.807, 2.05) is 0 Å². The van der Waals surface area contributed by atoms with Crippen LogP contribution in [0.15, 0.2) is 36.5 Å². The Balaban J connectivity index is 1.33. The fourth-order valence-electron chi connectivity index (χ4n) is 5.22. The van der Waals surface area contributed by atoms with E-state index in [1.54, 1.807) is 0 Å². The molecule has 9 amide bonds. The Morgan fingerprint density at radius 2 is 0.690 bits per heavy atom. The third kappa shape index (κ3) is 7.03. The lowest BCUT2D eigenvalue weighted by Gasteiger charge is -2.33. The Morgan fingerprint density at radius 1 is 0.476 bits per heavy atom. The van der Waals surface area contributed by atoms with E-state index < -0.39 is 70.9 Å². The lowest BCUT2D eigenvalue weighted by molar-refractivity contribution is -0.139. The molecule has 15 nitrogen and oxygen atoms in total. The second-order valence-electron chi connectivity index (χ2n) is 10.2. The summed E-state index contributed by atoms with van der Waals surface area (Å²) in [6.45, 7) is -0.159. The van der Waals surface area contributed by atoms with Crippen molar-refractivity contribution in [1.29, 1.82) is 0 Å². The van der Waals surface area contributed by atoms with E-state index in [2.05, 4.69) is 16.0 Å². The Morgan fingerprint density at radius 3 is 0.905 bits per heavy atom. The third-order valence-corrected chi connectivity index (χ3v) is 7.43. The first-order valence-corrected chi connectivity index (χ1v) is 13.5. The van der Waals surface area contributed by atoms with E-state index in [1.165, 1.54) is 0 Å². The number of carbonyl (C=O) groups is 9. The van der Waals surface area contributed by atoms with Gasteiger partial charge in [0.15, 0.2) is 0 Å². The van der Waals surface area contributed by atoms with Crippen LogP contribution in [0.3, 0.4) is 0 Å². The maximum absolute atomic E-state index is 13.0. The molecule has 0 aromatic heterocycles. The first-order chi connectivity index (χ1) is 20.0. The molecule has 0 aromatic carbocycles. The molecule has 0 aromatic rings. The van der Waals surface area contributed by atoms with Crippen LogP contribution in [0.5, 0.6) is 0 Å². The Hall–Kier alpha value is -4.95. The van der Waals surface area contributed by atoms with Gasteiger partial charge < -0.3 is 16.0 Å². The number of imide groups is 3. The topological polar surface area (TPSA) is 199 Å². The van der Waals surface area contributed by atoms with Crippen molar-refractivity contribution in [2.75, 3.05) is 39.3 Å². The smallest absolute Gasteiger partial charge is 0.253 e. The highest BCUT2D eigenvalue weighted by Gasteiger charge is 2.39. The molecule has 3 heterocycles. The highest BCUT2D eigenvalue weighted by Crippen LogP contribution is 2.34. The van der Waals surface area contributed by atoms with Crippen molar-refractivity contribution in [2.24, 2.45) is 17.8 Å². The summed E-state index contributed by atoms with van der Waals surface area (Å²) >= 11 is 0. The molecule has 0 atom stereocenters. The van der Waals surface area contributed by atoms with Gasteiger partial charge in [0.25, 0.3) is 35.4 Å². The van der Waals surface area contributed by atoms with Crippen LogP contribution in [0.1, 0.15) is 19.3 Å². The van der Waals surface area contributed by atoms with Crippen LogP contribution >= 0.6 is 0 Å². The minimum Gasteiger partial charge on any atom is -0.354 e. The third-order valence-electron chi connectivity index (χ3n) is 7.43. The van der Waals surface area contributed by atoms with Crippen LogP contribution in [0.2, 0.25) is 0 Å². The molecule has 0 spiro atoms. The van der Waals surface area contributed by atoms with Gasteiger partial charge in [-0.25, -0.2) is 0 Å². The van der Waals surface area contributed by atoms with Gasteiger partial charge in [-0.2, -0.15) is 0 Å². The summed E-state index contributed by atoms with van der Waals surface area (Å²) in [4.78, 5) is 112. The van der Waals surface area contributed by atoms with Crippen LogP contribution in [-0.4, -0.2) is 107 Å². The molecule has 42 heavy (non-hydrogen) atoms. The molecule has 1 saturated carbocycles. The molecule has 4 rings (SSSR count). The van der Waals surface area contributed by atoms with Crippen LogP contribution in [-0.2, 0) is 43.2 Å². The van der Waals surface area contributed by atoms with E-state index in [4.69, 9.17) is 0 Å². The number of hydrogen-bond acceptors (Lipinski definition) is 9. The van der Waals surface area contributed by atoms with E-state index in [0.29, 0.717) is 0 Å². The SMILES string of the molecule is O=C(NCCN1C(=O)C=CC1=O)C1CC(C(=O)NCCN2C(=O)C=CC2=O)CC(C(=O)NCCN2C(=O)C=CC2=O)C1.